The lowest BCUT2D eigenvalue weighted by molar-refractivity contribution is 0.152. The first-order chi connectivity index (χ1) is 7.65. The van der Waals surface area contributed by atoms with E-state index in [9.17, 15) is 0 Å². The Balaban J connectivity index is 2.07. The molecule has 0 radical (unpaired) electrons. The Labute approximate surface area is 106 Å². The van der Waals surface area contributed by atoms with Crippen molar-refractivity contribution >= 4 is 21.6 Å². The molecule has 1 aliphatic heterocycles. The molecule has 1 heterocycles. The van der Waals surface area contributed by atoms with Crippen LogP contribution in [0, 0.1) is 0 Å². The number of likely N-dealkylation sites (tertiary alicyclic amines) is 1. The van der Waals surface area contributed by atoms with Crippen LogP contribution < -0.4 is 5.73 Å². The van der Waals surface area contributed by atoms with Crippen LogP contribution in [-0.4, -0.2) is 17.5 Å². The summed E-state index contributed by atoms with van der Waals surface area (Å²) < 4.78 is 1.08. The minimum atomic E-state index is 0.703. The highest BCUT2D eigenvalue weighted by atomic mass is 79.9. The second-order valence-corrected chi connectivity index (χ2v) is 5.62. The second-order valence-electron chi connectivity index (χ2n) is 4.71. The third-order valence-electron chi connectivity index (χ3n) is 3.31. The molecule has 0 aliphatic carbocycles. The molecule has 88 valence electrons. The molecule has 2 nitrogen and oxygen atoms in total. The van der Waals surface area contributed by atoms with Gasteiger partial charge in [0.2, 0.25) is 0 Å². The third kappa shape index (κ3) is 2.98. The van der Waals surface area contributed by atoms with Gasteiger partial charge in [0.25, 0.3) is 0 Å². The molecule has 1 aromatic rings. The van der Waals surface area contributed by atoms with Gasteiger partial charge in [0, 0.05) is 22.7 Å². The predicted octanol–water partition coefficient (Wildman–Crippen LogP) is 3.41. The zero-order valence-corrected chi connectivity index (χ0v) is 11.3. The van der Waals surface area contributed by atoms with Crippen molar-refractivity contribution in [3.8, 4) is 0 Å². The number of hydrogen-bond donors (Lipinski definition) is 1. The normalized spacial score (nSPS) is 22.2. The fourth-order valence-corrected chi connectivity index (χ4v) is 2.95. The smallest absolute Gasteiger partial charge is 0.0328 e. The number of anilines is 1. The first-order valence-electron chi connectivity index (χ1n) is 5.94. The van der Waals surface area contributed by atoms with Gasteiger partial charge in [-0.2, -0.15) is 0 Å². The molecule has 16 heavy (non-hydrogen) atoms. The van der Waals surface area contributed by atoms with Crippen LogP contribution in [0.15, 0.2) is 22.7 Å². The Morgan fingerprint density at radius 3 is 2.88 bits per heavy atom. The number of nitrogens with zero attached hydrogens (tertiary/aromatic N) is 1. The molecule has 1 atom stereocenters. The number of rotatable bonds is 2. The standard InChI is InChI=1S/C13H19BrN2/c1-10-4-2-3-5-16(10)9-11-6-12(14)8-13(15)7-11/h6-8,10H,2-5,9,15H2,1H3. The summed E-state index contributed by atoms with van der Waals surface area (Å²) in [6.07, 6.45) is 4.02. The van der Waals surface area contributed by atoms with Crippen LogP contribution in [0.1, 0.15) is 31.7 Å². The van der Waals surface area contributed by atoms with E-state index < -0.39 is 0 Å². The molecule has 3 heteroatoms. The van der Waals surface area contributed by atoms with Crippen LogP contribution in [-0.2, 0) is 6.54 Å². The Morgan fingerprint density at radius 2 is 2.19 bits per heavy atom. The van der Waals surface area contributed by atoms with Gasteiger partial charge in [0.05, 0.1) is 0 Å². The summed E-state index contributed by atoms with van der Waals surface area (Å²) in [5.41, 5.74) is 8.00. The van der Waals surface area contributed by atoms with Crippen molar-refractivity contribution in [3.63, 3.8) is 0 Å². The molecule has 0 spiro atoms. The van der Waals surface area contributed by atoms with E-state index in [1.165, 1.54) is 31.4 Å². The fourth-order valence-electron chi connectivity index (χ4n) is 2.39. The number of piperidine rings is 1. The van der Waals surface area contributed by atoms with E-state index in [1.54, 1.807) is 0 Å². The molecule has 1 saturated heterocycles. The van der Waals surface area contributed by atoms with Crippen LogP contribution in [0.4, 0.5) is 5.69 Å². The average Bonchev–Trinajstić information content (AvgIpc) is 2.20. The van der Waals surface area contributed by atoms with Gasteiger partial charge in [-0.1, -0.05) is 22.4 Å². The molecule has 0 aromatic heterocycles. The van der Waals surface area contributed by atoms with E-state index in [-0.39, 0.29) is 0 Å². The van der Waals surface area contributed by atoms with Crippen molar-refractivity contribution in [3.05, 3.63) is 28.2 Å². The lowest BCUT2D eigenvalue weighted by Crippen LogP contribution is -2.36. The maximum absolute atomic E-state index is 5.85. The minimum absolute atomic E-state index is 0.703. The quantitative estimate of drug-likeness (QED) is 0.843. The van der Waals surface area contributed by atoms with Crippen molar-refractivity contribution < 1.29 is 0 Å². The van der Waals surface area contributed by atoms with Crippen LogP contribution in [0.25, 0.3) is 0 Å². The molecule has 1 fully saturated rings. The molecule has 0 amide bonds. The lowest BCUT2D eigenvalue weighted by atomic mass is 10.0. The van der Waals surface area contributed by atoms with Crippen molar-refractivity contribution in [2.75, 3.05) is 12.3 Å². The second kappa shape index (κ2) is 5.19. The van der Waals surface area contributed by atoms with Crippen LogP contribution in [0.3, 0.4) is 0 Å². The molecule has 1 aromatic carbocycles. The molecular formula is C13H19BrN2. The Hall–Kier alpha value is -0.540. The van der Waals surface area contributed by atoms with E-state index in [0.29, 0.717) is 6.04 Å². The molecule has 1 unspecified atom stereocenters. The maximum Gasteiger partial charge on any atom is 0.0328 e. The van der Waals surface area contributed by atoms with Crippen molar-refractivity contribution in [1.82, 2.24) is 4.90 Å². The zero-order chi connectivity index (χ0) is 11.5. The highest BCUT2D eigenvalue weighted by Gasteiger charge is 2.18. The first kappa shape index (κ1) is 11.9. The van der Waals surface area contributed by atoms with Crippen molar-refractivity contribution in [2.45, 2.75) is 38.8 Å². The summed E-state index contributed by atoms with van der Waals surface area (Å²) in [5.74, 6) is 0. The van der Waals surface area contributed by atoms with E-state index in [4.69, 9.17) is 5.73 Å². The van der Waals surface area contributed by atoms with Gasteiger partial charge in [-0.3, -0.25) is 4.90 Å². The number of hydrogen-bond acceptors (Lipinski definition) is 2. The molecule has 0 bridgehead atoms. The molecular weight excluding hydrogens is 264 g/mol. The van der Waals surface area contributed by atoms with Crippen molar-refractivity contribution in [1.29, 1.82) is 0 Å². The van der Waals surface area contributed by atoms with E-state index >= 15 is 0 Å². The summed E-state index contributed by atoms with van der Waals surface area (Å²) >= 11 is 3.49. The predicted molar refractivity (Wildman–Crippen MR) is 72.3 cm³/mol. The first-order valence-corrected chi connectivity index (χ1v) is 6.73. The van der Waals surface area contributed by atoms with Crippen LogP contribution >= 0.6 is 15.9 Å². The summed E-state index contributed by atoms with van der Waals surface area (Å²) in [4.78, 5) is 2.55. The van der Waals surface area contributed by atoms with Gasteiger partial charge in [0.15, 0.2) is 0 Å². The summed E-state index contributed by atoms with van der Waals surface area (Å²) in [6.45, 7) is 4.55. The van der Waals surface area contributed by atoms with Crippen LogP contribution in [0.2, 0.25) is 0 Å². The SMILES string of the molecule is CC1CCCCN1Cc1cc(N)cc(Br)c1. The minimum Gasteiger partial charge on any atom is -0.399 e. The summed E-state index contributed by atoms with van der Waals surface area (Å²) in [5, 5.41) is 0. The molecule has 0 saturated carbocycles. The number of halogens is 1. The van der Waals surface area contributed by atoms with Gasteiger partial charge in [-0.25, -0.2) is 0 Å². The Bertz CT molecular complexity index is 345. The Kier molecular flexibility index (Phi) is 3.87. The van der Waals surface area contributed by atoms with Gasteiger partial charge < -0.3 is 5.73 Å². The summed E-state index contributed by atoms with van der Waals surface area (Å²) in [6, 6.07) is 6.89. The van der Waals surface area contributed by atoms with E-state index in [2.05, 4.69) is 39.9 Å². The van der Waals surface area contributed by atoms with Gasteiger partial charge in [-0.05, 0) is 50.1 Å². The zero-order valence-electron chi connectivity index (χ0n) is 9.75. The monoisotopic (exact) mass is 282 g/mol. The lowest BCUT2D eigenvalue weighted by Gasteiger charge is -2.33. The highest BCUT2D eigenvalue weighted by Crippen LogP contribution is 2.22. The number of benzene rings is 1. The largest absolute Gasteiger partial charge is 0.399 e. The molecule has 2 N–H and O–H groups in total. The third-order valence-corrected chi connectivity index (χ3v) is 3.76. The number of nitrogens with two attached hydrogens (primary N) is 1. The topological polar surface area (TPSA) is 29.3 Å². The van der Waals surface area contributed by atoms with Gasteiger partial charge in [-0.15, -0.1) is 0 Å². The van der Waals surface area contributed by atoms with E-state index in [1.807, 2.05) is 6.07 Å². The maximum atomic E-state index is 5.85. The van der Waals surface area contributed by atoms with Gasteiger partial charge in [0.1, 0.15) is 0 Å². The molecule has 2 rings (SSSR count). The van der Waals surface area contributed by atoms with Crippen molar-refractivity contribution in [2.24, 2.45) is 0 Å². The van der Waals surface area contributed by atoms with E-state index in [0.717, 1.165) is 16.7 Å². The van der Waals surface area contributed by atoms with Crippen LogP contribution in [0.5, 0.6) is 0 Å². The fraction of sp³-hybridized carbons (Fsp3) is 0.538. The van der Waals surface area contributed by atoms with Gasteiger partial charge >= 0.3 is 0 Å². The highest BCUT2D eigenvalue weighted by molar-refractivity contribution is 9.10. The number of nitrogen functional groups attached to an aromatic ring is 1. The average molecular weight is 283 g/mol. The molecule has 1 aliphatic rings. The Morgan fingerprint density at radius 1 is 1.38 bits per heavy atom. The summed E-state index contributed by atoms with van der Waals surface area (Å²) in [7, 11) is 0.